The third-order valence-corrected chi connectivity index (χ3v) is 5.03. The summed E-state index contributed by atoms with van der Waals surface area (Å²) in [7, 11) is 3.31. The van der Waals surface area contributed by atoms with E-state index in [0.717, 1.165) is 78.4 Å². The van der Waals surface area contributed by atoms with Crippen molar-refractivity contribution in [3.63, 3.8) is 0 Å². The minimum absolute atomic E-state index is 0.539. The molecule has 0 saturated heterocycles. The zero-order chi connectivity index (χ0) is 21.5. The minimum Gasteiger partial charge on any atom is -0.496 e. The van der Waals surface area contributed by atoms with Crippen LogP contribution in [0.5, 0.6) is 23.0 Å². The largest absolute Gasteiger partial charge is 0.496 e. The van der Waals surface area contributed by atoms with Crippen LogP contribution in [0, 0.1) is 0 Å². The number of ether oxygens (including phenoxy) is 4. The minimum atomic E-state index is 0.539. The number of nitrogens with zero attached hydrogens (tertiary/aromatic N) is 2. The number of hydrogen-bond donors (Lipinski definition) is 2. The van der Waals surface area contributed by atoms with Gasteiger partial charge in [-0.3, -0.25) is 9.98 Å². The molecule has 8 nitrogen and oxygen atoms in total. The van der Waals surface area contributed by atoms with Crippen LogP contribution in [0.3, 0.4) is 0 Å². The molecular weight excluding hydrogens is 396 g/mol. The van der Waals surface area contributed by atoms with E-state index in [2.05, 4.69) is 20.6 Å². The predicted molar refractivity (Wildman–Crippen MR) is 120 cm³/mol. The first kappa shape index (κ1) is 20.8. The lowest BCUT2D eigenvalue weighted by molar-refractivity contribution is 0.246. The van der Waals surface area contributed by atoms with Gasteiger partial charge in [0.05, 0.1) is 51.6 Å². The summed E-state index contributed by atoms with van der Waals surface area (Å²) in [5.74, 6) is 4.75. The van der Waals surface area contributed by atoms with Gasteiger partial charge in [0.25, 0.3) is 0 Å². The maximum Gasteiger partial charge on any atom is 0.133 e. The molecule has 8 heteroatoms. The maximum absolute atomic E-state index is 5.87. The first-order valence-corrected chi connectivity index (χ1v) is 10.5. The molecule has 2 aromatic rings. The quantitative estimate of drug-likeness (QED) is 0.569. The van der Waals surface area contributed by atoms with Crippen molar-refractivity contribution in [3.05, 3.63) is 47.5 Å². The smallest absolute Gasteiger partial charge is 0.133 e. The lowest BCUT2D eigenvalue weighted by Gasteiger charge is -2.13. The third kappa shape index (κ3) is 5.02. The van der Waals surface area contributed by atoms with Crippen molar-refractivity contribution in [1.82, 2.24) is 10.6 Å². The van der Waals surface area contributed by atoms with Crippen molar-refractivity contribution in [2.75, 3.05) is 53.6 Å². The van der Waals surface area contributed by atoms with E-state index in [1.165, 1.54) is 0 Å². The summed E-state index contributed by atoms with van der Waals surface area (Å²) < 4.78 is 22.7. The van der Waals surface area contributed by atoms with Crippen molar-refractivity contribution >= 4 is 11.7 Å². The third-order valence-electron chi connectivity index (χ3n) is 5.03. The predicted octanol–water partition coefficient (Wildman–Crippen LogP) is 2.25. The lowest BCUT2D eigenvalue weighted by Crippen LogP contribution is -2.20. The number of amidine groups is 2. The molecule has 0 aromatic heterocycles. The van der Waals surface area contributed by atoms with E-state index in [-0.39, 0.29) is 0 Å². The van der Waals surface area contributed by atoms with E-state index in [0.29, 0.717) is 13.2 Å². The van der Waals surface area contributed by atoms with Crippen molar-refractivity contribution in [2.45, 2.75) is 6.42 Å². The van der Waals surface area contributed by atoms with Crippen LogP contribution in [-0.2, 0) is 0 Å². The highest BCUT2D eigenvalue weighted by Gasteiger charge is 2.15. The number of hydrogen-bond acceptors (Lipinski definition) is 8. The Labute approximate surface area is 182 Å². The molecular formula is C23H28N4O4. The molecule has 0 radical (unpaired) electrons. The molecule has 0 unspecified atom stereocenters. The number of benzene rings is 2. The maximum atomic E-state index is 5.87. The topological polar surface area (TPSA) is 85.7 Å². The van der Waals surface area contributed by atoms with Crippen LogP contribution in [0.4, 0.5) is 0 Å². The fourth-order valence-electron chi connectivity index (χ4n) is 3.51. The van der Waals surface area contributed by atoms with E-state index < -0.39 is 0 Å². The first-order valence-electron chi connectivity index (χ1n) is 10.5. The van der Waals surface area contributed by atoms with E-state index in [1.807, 2.05) is 36.4 Å². The second-order valence-electron chi connectivity index (χ2n) is 7.09. The summed E-state index contributed by atoms with van der Waals surface area (Å²) in [5.41, 5.74) is 1.90. The SMILES string of the molecule is COc1cc(OCCCOc2ccc(C3=NCCN3)c(OC)c2)ccc1C1=NCCN1. The van der Waals surface area contributed by atoms with Crippen molar-refractivity contribution in [2.24, 2.45) is 9.98 Å². The van der Waals surface area contributed by atoms with Crippen molar-refractivity contribution < 1.29 is 18.9 Å². The molecule has 0 saturated carbocycles. The van der Waals surface area contributed by atoms with Crippen LogP contribution in [0.1, 0.15) is 17.5 Å². The van der Waals surface area contributed by atoms with Crippen LogP contribution in [0.25, 0.3) is 0 Å². The van der Waals surface area contributed by atoms with E-state index in [9.17, 15) is 0 Å². The Balaban J connectivity index is 1.26. The number of nitrogens with one attached hydrogen (secondary N) is 2. The molecule has 0 spiro atoms. The Morgan fingerprint density at radius 1 is 0.742 bits per heavy atom. The average molecular weight is 425 g/mol. The van der Waals surface area contributed by atoms with Crippen molar-refractivity contribution in [1.29, 1.82) is 0 Å². The van der Waals surface area contributed by atoms with Gasteiger partial charge < -0.3 is 29.6 Å². The monoisotopic (exact) mass is 424 g/mol. The Morgan fingerprint density at radius 2 is 1.23 bits per heavy atom. The summed E-state index contributed by atoms with van der Waals surface area (Å²) in [5, 5.41) is 6.53. The standard InChI is InChI=1S/C23H28N4O4/c1-28-20-14-16(4-6-18(20)22-24-8-9-25-22)30-12-3-13-31-17-5-7-19(21(15-17)29-2)23-26-10-11-27-23/h4-7,14-15H,3,8-13H2,1-2H3,(H,24,25)(H,26,27). The van der Waals surface area contributed by atoms with Crippen LogP contribution in [0.2, 0.25) is 0 Å². The Kier molecular flexibility index (Phi) is 6.76. The molecule has 0 atom stereocenters. The summed E-state index contributed by atoms with van der Waals surface area (Å²) in [4.78, 5) is 8.90. The molecule has 4 rings (SSSR count). The van der Waals surface area contributed by atoms with Gasteiger partial charge in [0.2, 0.25) is 0 Å². The van der Waals surface area contributed by atoms with Gasteiger partial charge in [-0.25, -0.2) is 0 Å². The number of rotatable bonds is 10. The first-order chi connectivity index (χ1) is 15.3. The molecule has 0 fully saturated rings. The zero-order valence-corrected chi connectivity index (χ0v) is 17.9. The van der Waals surface area contributed by atoms with E-state index in [4.69, 9.17) is 18.9 Å². The van der Waals surface area contributed by atoms with Gasteiger partial charge in [-0.15, -0.1) is 0 Å². The zero-order valence-electron chi connectivity index (χ0n) is 17.9. The molecule has 2 aromatic carbocycles. The Bertz CT molecular complexity index is 897. The molecule has 0 bridgehead atoms. The van der Waals surface area contributed by atoms with Crippen molar-refractivity contribution in [3.8, 4) is 23.0 Å². The molecule has 2 heterocycles. The van der Waals surface area contributed by atoms with Gasteiger partial charge in [0.15, 0.2) is 0 Å². The Hall–Kier alpha value is -3.42. The second kappa shape index (κ2) is 10.1. The van der Waals surface area contributed by atoms with Gasteiger partial charge in [0.1, 0.15) is 34.7 Å². The fraction of sp³-hybridized carbons (Fsp3) is 0.391. The van der Waals surface area contributed by atoms with Gasteiger partial charge in [0, 0.05) is 31.6 Å². The molecule has 2 aliphatic rings. The molecule has 2 N–H and O–H groups in total. The summed E-state index contributed by atoms with van der Waals surface area (Å²) in [6, 6.07) is 11.6. The molecule has 2 aliphatic heterocycles. The molecule has 0 amide bonds. The summed E-state index contributed by atoms with van der Waals surface area (Å²) in [6.45, 7) is 4.37. The lowest BCUT2D eigenvalue weighted by atomic mass is 10.1. The van der Waals surface area contributed by atoms with Gasteiger partial charge in [-0.05, 0) is 24.3 Å². The fourth-order valence-corrected chi connectivity index (χ4v) is 3.51. The van der Waals surface area contributed by atoms with Gasteiger partial charge in [-0.1, -0.05) is 0 Å². The number of methoxy groups -OCH3 is 2. The molecule has 164 valence electrons. The highest BCUT2D eigenvalue weighted by Crippen LogP contribution is 2.27. The van der Waals surface area contributed by atoms with E-state index >= 15 is 0 Å². The van der Waals surface area contributed by atoms with Crippen LogP contribution < -0.4 is 29.6 Å². The highest BCUT2D eigenvalue weighted by atomic mass is 16.5. The Morgan fingerprint density at radius 3 is 1.61 bits per heavy atom. The number of aliphatic imine (C=N–C) groups is 2. The van der Waals surface area contributed by atoms with Gasteiger partial charge >= 0.3 is 0 Å². The van der Waals surface area contributed by atoms with Crippen LogP contribution >= 0.6 is 0 Å². The average Bonchev–Trinajstić information content (AvgIpc) is 3.53. The normalized spacial score (nSPS) is 14.9. The second-order valence-corrected chi connectivity index (χ2v) is 7.09. The van der Waals surface area contributed by atoms with Gasteiger partial charge in [-0.2, -0.15) is 0 Å². The summed E-state index contributed by atoms with van der Waals surface area (Å²) >= 11 is 0. The van der Waals surface area contributed by atoms with Crippen LogP contribution in [-0.4, -0.2) is 65.3 Å². The van der Waals surface area contributed by atoms with Crippen LogP contribution in [0.15, 0.2) is 46.4 Å². The highest BCUT2D eigenvalue weighted by molar-refractivity contribution is 6.02. The molecule has 31 heavy (non-hydrogen) atoms. The molecule has 0 aliphatic carbocycles. The summed E-state index contributed by atoms with van der Waals surface area (Å²) in [6.07, 6.45) is 0.747. The van der Waals surface area contributed by atoms with E-state index in [1.54, 1.807) is 14.2 Å².